The van der Waals surface area contributed by atoms with Crippen LogP contribution in [0.15, 0.2) is 54.9 Å². The highest BCUT2D eigenvalue weighted by molar-refractivity contribution is 6.03. The number of para-hydroxylation sites is 1. The van der Waals surface area contributed by atoms with Gasteiger partial charge in [0.15, 0.2) is 12.4 Å². The molecule has 0 aliphatic heterocycles. The van der Waals surface area contributed by atoms with Crippen molar-refractivity contribution in [1.82, 2.24) is 9.78 Å². The second-order valence-electron chi connectivity index (χ2n) is 7.26. The number of carbonyl (C=O) groups is 1. The number of aromatic nitrogens is 3. The standard InChI is InChI=1S/C20H22N4O2/c1-14-7-5-6-8-16(14)24-18(13-17(22-24)20(2,3)4)21-19(25)15-9-11-23(26)12-10-15/h5-13H,1-4H3,(H,21,25). The van der Waals surface area contributed by atoms with Gasteiger partial charge in [0.05, 0.1) is 16.9 Å². The highest BCUT2D eigenvalue weighted by Crippen LogP contribution is 2.27. The van der Waals surface area contributed by atoms with Crippen molar-refractivity contribution in [2.45, 2.75) is 33.1 Å². The van der Waals surface area contributed by atoms with Crippen molar-refractivity contribution in [3.8, 4) is 5.69 Å². The van der Waals surface area contributed by atoms with Gasteiger partial charge in [0.25, 0.3) is 5.91 Å². The topological polar surface area (TPSA) is 73.9 Å². The van der Waals surface area contributed by atoms with Gasteiger partial charge in [0.2, 0.25) is 0 Å². The van der Waals surface area contributed by atoms with E-state index in [2.05, 4.69) is 26.1 Å². The minimum absolute atomic E-state index is 0.158. The van der Waals surface area contributed by atoms with Crippen LogP contribution in [0.5, 0.6) is 0 Å². The molecule has 0 bridgehead atoms. The van der Waals surface area contributed by atoms with Crippen LogP contribution in [-0.2, 0) is 5.41 Å². The lowest BCUT2D eigenvalue weighted by Crippen LogP contribution is -2.25. The highest BCUT2D eigenvalue weighted by Gasteiger charge is 2.22. The lowest BCUT2D eigenvalue weighted by molar-refractivity contribution is -0.605. The molecule has 0 aliphatic rings. The number of hydrogen-bond acceptors (Lipinski definition) is 3. The normalized spacial score (nSPS) is 11.4. The molecule has 3 rings (SSSR count). The summed E-state index contributed by atoms with van der Waals surface area (Å²) in [6, 6.07) is 12.7. The lowest BCUT2D eigenvalue weighted by Gasteiger charge is -2.14. The molecule has 0 saturated heterocycles. The van der Waals surface area contributed by atoms with Crippen LogP contribution >= 0.6 is 0 Å². The van der Waals surface area contributed by atoms with E-state index < -0.39 is 0 Å². The van der Waals surface area contributed by atoms with Gasteiger partial charge in [0, 0.05) is 23.6 Å². The maximum Gasteiger partial charge on any atom is 0.257 e. The van der Waals surface area contributed by atoms with E-state index in [9.17, 15) is 10.0 Å². The maximum absolute atomic E-state index is 12.6. The molecule has 3 aromatic rings. The first-order valence-corrected chi connectivity index (χ1v) is 8.42. The Morgan fingerprint density at radius 3 is 2.42 bits per heavy atom. The van der Waals surface area contributed by atoms with Gasteiger partial charge >= 0.3 is 0 Å². The first kappa shape index (κ1) is 17.7. The highest BCUT2D eigenvalue weighted by atomic mass is 16.5. The number of rotatable bonds is 3. The summed E-state index contributed by atoms with van der Waals surface area (Å²) in [4.78, 5) is 12.6. The van der Waals surface area contributed by atoms with Gasteiger partial charge in [-0.2, -0.15) is 9.83 Å². The molecule has 0 aliphatic carbocycles. The minimum Gasteiger partial charge on any atom is -0.619 e. The summed E-state index contributed by atoms with van der Waals surface area (Å²) < 4.78 is 2.40. The van der Waals surface area contributed by atoms with Crippen LogP contribution in [0, 0.1) is 12.1 Å². The van der Waals surface area contributed by atoms with Crippen molar-refractivity contribution in [2.75, 3.05) is 5.32 Å². The molecular weight excluding hydrogens is 328 g/mol. The maximum atomic E-state index is 12.6. The first-order valence-electron chi connectivity index (χ1n) is 8.42. The van der Waals surface area contributed by atoms with Crippen molar-refractivity contribution in [3.63, 3.8) is 0 Å². The lowest BCUT2D eigenvalue weighted by atomic mass is 9.92. The Labute approximate surface area is 152 Å². The Bertz CT molecular complexity index is 937. The van der Waals surface area contributed by atoms with Crippen molar-refractivity contribution in [1.29, 1.82) is 0 Å². The van der Waals surface area contributed by atoms with Crippen molar-refractivity contribution in [3.05, 3.63) is 76.9 Å². The number of anilines is 1. The molecule has 2 heterocycles. The second-order valence-corrected chi connectivity index (χ2v) is 7.26. The molecule has 0 spiro atoms. The van der Waals surface area contributed by atoms with E-state index in [0.717, 1.165) is 16.9 Å². The SMILES string of the molecule is Cc1ccccc1-n1nc(C(C)(C)C)cc1NC(=O)c1cc[n+]([O-])cc1. The summed E-state index contributed by atoms with van der Waals surface area (Å²) in [5.41, 5.74) is 3.09. The minimum atomic E-state index is -0.291. The molecule has 0 radical (unpaired) electrons. The zero-order valence-corrected chi connectivity index (χ0v) is 15.4. The molecule has 6 nitrogen and oxygen atoms in total. The predicted octanol–water partition coefficient (Wildman–Crippen LogP) is 3.36. The molecule has 0 fully saturated rings. The quantitative estimate of drug-likeness (QED) is 0.581. The monoisotopic (exact) mass is 350 g/mol. The zero-order valence-electron chi connectivity index (χ0n) is 15.4. The van der Waals surface area contributed by atoms with Crippen LogP contribution in [0.3, 0.4) is 0 Å². The Kier molecular flexibility index (Phi) is 4.50. The van der Waals surface area contributed by atoms with Gasteiger partial charge in [-0.1, -0.05) is 39.0 Å². The molecule has 26 heavy (non-hydrogen) atoms. The number of pyridine rings is 1. The molecule has 134 valence electrons. The third-order valence-electron chi connectivity index (χ3n) is 4.13. The fourth-order valence-corrected chi connectivity index (χ4v) is 2.57. The fourth-order valence-electron chi connectivity index (χ4n) is 2.57. The summed E-state index contributed by atoms with van der Waals surface area (Å²) in [5, 5.41) is 18.8. The van der Waals surface area contributed by atoms with Gasteiger partial charge < -0.3 is 10.5 Å². The number of nitrogens with one attached hydrogen (secondary N) is 1. The van der Waals surface area contributed by atoms with Gasteiger partial charge in [-0.25, -0.2) is 4.68 Å². The molecule has 1 amide bonds. The molecule has 1 N–H and O–H groups in total. The van der Waals surface area contributed by atoms with Gasteiger partial charge in [-0.05, 0) is 18.6 Å². The molecule has 0 saturated carbocycles. The predicted molar refractivity (Wildman–Crippen MR) is 100 cm³/mol. The molecule has 1 aromatic carbocycles. The van der Waals surface area contributed by atoms with Crippen LogP contribution in [0.2, 0.25) is 0 Å². The number of amides is 1. The summed E-state index contributed by atoms with van der Waals surface area (Å²) in [5.74, 6) is 0.300. The molecule has 2 aromatic heterocycles. The number of aryl methyl sites for hydroxylation is 1. The van der Waals surface area contributed by atoms with E-state index in [1.165, 1.54) is 24.5 Å². The van der Waals surface area contributed by atoms with E-state index in [-0.39, 0.29) is 11.3 Å². The van der Waals surface area contributed by atoms with Gasteiger partial charge in [0.1, 0.15) is 5.82 Å². The summed E-state index contributed by atoms with van der Waals surface area (Å²) in [6.07, 6.45) is 2.60. The number of carbonyl (C=O) groups excluding carboxylic acids is 1. The van der Waals surface area contributed by atoms with Crippen molar-refractivity contribution in [2.24, 2.45) is 0 Å². The van der Waals surface area contributed by atoms with Crippen LogP contribution in [-0.4, -0.2) is 15.7 Å². The second kappa shape index (κ2) is 6.63. The Balaban J connectivity index is 2.02. The number of nitrogens with zero attached hydrogens (tertiary/aromatic N) is 3. The van der Waals surface area contributed by atoms with E-state index in [4.69, 9.17) is 5.10 Å². The molecule has 0 unspecified atom stereocenters. The molecule has 6 heteroatoms. The first-order chi connectivity index (χ1) is 12.3. The van der Waals surface area contributed by atoms with Crippen molar-refractivity contribution < 1.29 is 9.52 Å². The van der Waals surface area contributed by atoms with Gasteiger partial charge in [-0.3, -0.25) is 4.79 Å². The molecule has 0 atom stereocenters. The zero-order chi connectivity index (χ0) is 18.9. The Hall–Kier alpha value is -3.15. The summed E-state index contributed by atoms with van der Waals surface area (Å²) in [6.45, 7) is 8.23. The summed E-state index contributed by atoms with van der Waals surface area (Å²) >= 11 is 0. The van der Waals surface area contributed by atoms with Gasteiger partial charge in [-0.15, -0.1) is 0 Å². The van der Waals surface area contributed by atoms with Crippen LogP contribution in [0.4, 0.5) is 5.82 Å². The average Bonchev–Trinajstić information content (AvgIpc) is 3.00. The number of benzene rings is 1. The Morgan fingerprint density at radius 2 is 1.81 bits per heavy atom. The average molecular weight is 350 g/mol. The van der Waals surface area contributed by atoms with E-state index in [0.29, 0.717) is 16.1 Å². The van der Waals surface area contributed by atoms with E-state index in [1.807, 2.05) is 37.3 Å². The van der Waals surface area contributed by atoms with E-state index >= 15 is 0 Å². The summed E-state index contributed by atoms with van der Waals surface area (Å²) in [7, 11) is 0. The smallest absolute Gasteiger partial charge is 0.257 e. The van der Waals surface area contributed by atoms with E-state index in [1.54, 1.807) is 4.68 Å². The fraction of sp³-hybridized carbons (Fsp3) is 0.250. The largest absolute Gasteiger partial charge is 0.619 e. The van der Waals surface area contributed by atoms with Crippen LogP contribution in [0.1, 0.15) is 42.4 Å². The van der Waals surface area contributed by atoms with Crippen LogP contribution < -0.4 is 10.0 Å². The third kappa shape index (κ3) is 3.59. The number of hydrogen-bond donors (Lipinski definition) is 1. The Morgan fingerprint density at radius 1 is 1.15 bits per heavy atom. The van der Waals surface area contributed by atoms with Crippen molar-refractivity contribution >= 4 is 11.7 Å². The molecular formula is C20H22N4O2. The van der Waals surface area contributed by atoms with Crippen LogP contribution in [0.25, 0.3) is 5.69 Å². The third-order valence-corrected chi connectivity index (χ3v) is 4.13.